The summed E-state index contributed by atoms with van der Waals surface area (Å²) in [7, 11) is 1.39. The van der Waals surface area contributed by atoms with E-state index in [2.05, 4.69) is 34.3 Å². The number of methoxy groups -OCH3 is 1. The van der Waals surface area contributed by atoms with Crippen molar-refractivity contribution in [1.82, 2.24) is 14.9 Å². The van der Waals surface area contributed by atoms with Crippen molar-refractivity contribution in [3.05, 3.63) is 71.6 Å². The molecule has 1 N–H and O–H groups in total. The first-order valence-electron chi connectivity index (χ1n) is 8.77. The van der Waals surface area contributed by atoms with Crippen LogP contribution in [0.2, 0.25) is 0 Å². The highest BCUT2D eigenvalue weighted by molar-refractivity contribution is 5.89. The number of ether oxygens (including phenoxy) is 1. The summed E-state index contributed by atoms with van der Waals surface area (Å²) in [5.41, 5.74) is 5.22. The maximum atomic E-state index is 11.5. The molecule has 1 aromatic carbocycles. The lowest BCUT2D eigenvalue weighted by molar-refractivity contribution is 0.0600. The number of hydrogen-bond acceptors (Lipinski definition) is 4. The van der Waals surface area contributed by atoms with Gasteiger partial charge in [-0.15, -0.1) is 0 Å². The van der Waals surface area contributed by atoms with Crippen LogP contribution in [0.15, 0.2) is 54.9 Å². The van der Waals surface area contributed by atoms with Crippen LogP contribution in [-0.2, 0) is 11.3 Å². The number of pyridine rings is 1. The number of rotatable bonds is 4. The molecule has 0 saturated carbocycles. The molecule has 26 heavy (non-hydrogen) atoms. The SMILES string of the molecule is COC(=O)c1ccc(Cn2ccc3cc(C4=CCNCC4)cnc32)cc1. The molecule has 132 valence electrons. The molecule has 0 bridgehead atoms. The Bertz CT molecular complexity index is 971. The van der Waals surface area contributed by atoms with E-state index in [-0.39, 0.29) is 5.97 Å². The number of fused-ring (bicyclic) bond motifs is 1. The Labute approximate surface area is 152 Å². The minimum atomic E-state index is -0.315. The van der Waals surface area contributed by atoms with Crippen molar-refractivity contribution in [3.8, 4) is 0 Å². The van der Waals surface area contributed by atoms with Gasteiger partial charge in [0.25, 0.3) is 0 Å². The summed E-state index contributed by atoms with van der Waals surface area (Å²) in [6.45, 7) is 2.66. The van der Waals surface area contributed by atoms with E-state index in [9.17, 15) is 4.79 Å². The van der Waals surface area contributed by atoms with E-state index in [0.29, 0.717) is 12.1 Å². The van der Waals surface area contributed by atoms with Gasteiger partial charge < -0.3 is 14.6 Å². The standard InChI is InChI=1S/C21H21N3O2/c1-26-21(25)17-4-2-15(3-5-17)14-24-11-8-18-12-19(13-23-20(18)24)16-6-9-22-10-7-16/h2-6,8,11-13,22H,7,9-10,14H2,1H3. The Morgan fingerprint density at radius 1 is 1.27 bits per heavy atom. The van der Waals surface area contributed by atoms with Crippen LogP contribution in [-0.4, -0.2) is 35.7 Å². The number of nitrogens with zero attached hydrogens (tertiary/aromatic N) is 2. The largest absolute Gasteiger partial charge is 0.465 e. The topological polar surface area (TPSA) is 56.1 Å². The summed E-state index contributed by atoms with van der Waals surface area (Å²) in [4.78, 5) is 16.2. The molecule has 4 rings (SSSR count). The highest BCUT2D eigenvalue weighted by Crippen LogP contribution is 2.23. The monoisotopic (exact) mass is 347 g/mol. The van der Waals surface area contributed by atoms with E-state index in [0.717, 1.165) is 36.1 Å². The number of carbonyl (C=O) groups excluding carboxylic acids is 1. The summed E-state index contributed by atoms with van der Waals surface area (Å²) in [5.74, 6) is -0.315. The number of carbonyl (C=O) groups is 1. The van der Waals surface area contributed by atoms with Crippen LogP contribution < -0.4 is 5.32 Å². The number of nitrogens with one attached hydrogen (secondary N) is 1. The van der Waals surface area contributed by atoms with Gasteiger partial charge in [-0.05, 0) is 53.9 Å². The molecule has 5 nitrogen and oxygen atoms in total. The van der Waals surface area contributed by atoms with Crippen LogP contribution in [0.4, 0.5) is 0 Å². The van der Waals surface area contributed by atoms with Crippen molar-refractivity contribution >= 4 is 22.6 Å². The average Bonchev–Trinajstić information content (AvgIpc) is 3.10. The lowest BCUT2D eigenvalue weighted by atomic mass is 10.0. The van der Waals surface area contributed by atoms with Crippen molar-refractivity contribution < 1.29 is 9.53 Å². The number of aromatic nitrogens is 2. The van der Waals surface area contributed by atoms with E-state index in [4.69, 9.17) is 9.72 Å². The van der Waals surface area contributed by atoms with E-state index in [1.54, 1.807) is 12.1 Å². The smallest absolute Gasteiger partial charge is 0.337 e. The third kappa shape index (κ3) is 3.26. The minimum absolute atomic E-state index is 0.315. The van der Waals surface area contributed by atoms with Crippen LogP contribution in [0.1, 0.15) is 27.9 Å². The fourth-order valence-corrected chi connectivity index (χ4v) is 3.33. The van der Waals surface area contributed by atoms with E-state index in [1.165, 1.54) is 18.2 Å². The molecule has 0 unspecified atom stereocenters. The molecule has 2 aromatic heterocycles. The van der Waals surface area contributed by atoms with Crippen molar-refractivity contribution in [3.63, 3.8) is 0 Å². The van der Waals surface area contributed by atoms with Gasteiger partial charge in [0.2, 0.25) is 0 Å². The summed E-state index contributed by atoms with van der Waals surface area (Å²) >= 11 is 0. The molecule has 0 saturated heterocycles. The van der Waals surface area contributed by atoms with Gasteiger partial charge in [0.05, 0.1) is 12.7 Å². The van der Waals surface area contributed by atoms with E-state index >= 15 is 0 Å². The first kappa shape index (κ1) is 16.5. The molecule has 0 radical (unpaired) electrons. The Morgan fingerprint density at radius 2 is 2.12 bits per heavy atom. The Kier molecular flexibility index (Phi) is 4.54. The average molecular weight is 347 g/mol. The van der Waals surface area contributed by atoms with Crippen molar-refractivity contribution in [2.75, 3.05) is 20.2 Å². The second kappa shape index (κ2) is 7.14. The van der Waals surface area contributed by atoms with Gasteiger partial charge in [-0.25, -0.2) is 9.78 Å². The quantitative estimate of drug-likeness (QED) is 0.736. The van der Waals surface area contributed by atoms with Gasteiger partial charge in [0.15, 0.2) is 0 Å². The normalized spacial score (nSPS) is 14.3. The third-order valence-corrected chi connectivity index (χ3v) is 4.76. The van der Waals surface area contributed by atoms with Crippen LogP contribution in [0.25, 0.3) is 16.6 Å². The van der Waals surface area contributed by atoms with Gasteiger partial charge in [-0.3, -0.25) is 0 Å². The van der Waals surface area contributed by atoms with Crippen molar-refractivity contribution in [2.45, 2.75) is 13.0 Å². The number of esters is 1. The molecular weight excluding hydrogens is 326 g/mol. The predicted octanol–water partition coefficient (Wildman–Crippen LogP) is 3.25. The second-order valence-electron chi connectivity index (χ2n) is 6.45. The molecule has 3 heterocycles. The molecule has 0 aliphatic carbocycles. The lowest BCUT2D eigenvalue weighted by Gasteiger charge is -2.14. The number of benzene rings is 1. The van der Waals surface area contributed by atoms with Crippen molar-refractivity contribution in [2.24, 2.45) is 0 Å². The van der Waals surface area contributed by atoms with Crippen LogP contribution in [0.3, 0.4) is 0 Å². The molecule has 0 fully saturated rings. The van der Waals surface area contributed by atoms with Gasteiger partial charge in [-0.1, -0.05) is 18.2 Å². The number of hydrogen-bond donors (Lipinski definition) is 1. The zero-order chi connectivity index (χ0) is 17.9. The summed E-state index contributed by atoms with van der Waals surface area (Å²) < 4.78 is 6.87. The maximum absolute atomic E-state index is 11.5. The summed E-state index contributed by atoms with van der Waals surface area (Å²) in [5, 5.41) is 4.48. The highest BCUT2D eigenvalue weighted by Gasteiger charge is 2.10. The minimum Gasteiger partial charge on any atom is -0.465 e. The molecule has 5 heteroatoms. The Morgan fingerprint density at radius 3 is 2.85 bits per heavy atom. The van der Waals surface area contributed by atoms with Crippen LogP contribution >= 0.6 is 0 Å². The zero-order valence-corrected chi connectivity index (χ0v) is 14.7. The van der Waals surface area contributed by atoms with Gasteiger partial charge >= 0.3 is 5.97 Å². The van der Waals surface area contributed by atoms with E-state index in [1.807, 2.05) is 18.3 Å². The predicted molar refractivity (Wildman–Crippen MR) is 102 cm³/mol. The molecule has 0 amide bonds. The van der Waals surface area contributed by atoms with Crippen LogP contribution in [0.5, 0.6) is 0 Å². The zero-order valence-electron chi connectivity index (χ0n) is 14.7. The summed E-state index contributed by atoms with van der Waals surface area (Å²) in [6.07, 6.45) is 7.31. The van der Waals surface area contributed by atoms with Gasteiger partial charge in [0, 0.05) is 30.9 Å². The molecule has 1 aliphatic rings. The molecule has 1 aliphatic heterocycles. The third-order valence-electron chi connectivity index (χ3n) is 4.76. The Balaban J connectivity index is 1.57. The molecular formula is C21H21N3O2. The molecule has 3 aromatic rings. The first-order chi connectivity index (χ1) is 12.7. The van der Waals surface area contributed by atoms with Crippen LogP contribution in [0, 0.1) is 0 Å². The van der Waals surface area contributed by atoms with E-state index < -0.39 is 0 Å². The molecule has 0 atom stereocenters. The summed E-state index contributed by atoms with van der Waals surface area (Å²) in [6, 6.07) is 11.8. The first-order valence-corrected chi connectivity index (χ1v) is 8.77. The lowest BCUT2D eigenvalue weighted by Crippen LogP contribution is -2.20. The highest BCUT2D eigenvalue weighted by atomic mass is 16.5. The van der Waals surface area contributed by atoms with Gasteiger partial charge in [-0.2, -0.15) is 0 Å². The fourth-order valence-electron chi connectivity index (χ4n) is 3.33. The fraction of sp³-hybridized carbons (Fsp3) is 0.238. The second-order valence-corrected chi connectivity index (χ2v) is 6.45. The van der Waals surface area contributed by atoms with Crippen molar-refractivity contribution in [1.29, 1.82) is 0 Å². The molecule has 0 spiro atoms. The Hall–Kier alpha value is -2.92. The van der Waals surface area contributed by atoms with Gasteiger partial charge in [0.1, 0.15) is 5.65 Å². The maximum Gasteiger partial charge on any atom is 0.337 e.